The summed E-state index contributed by atoms with van der Waals surface area (Å²) in [7, 11) is 3.03. The van der Waals surface area contributed by atoms with Crippen LogP contribution in [0.3, 0.4) is 0 Å². The van der Waals surface area contributed by atoms with Crippen molar-refractivity contribution in [3.05, 3.63) is 48.7 Å². The fourth-order valence-corrected chi connectivity index (χ4v) is 2.41. The predicted molar refractivity (Wildman–Crippen MR) is 93.7 cm³/mol. The number of benzene rings is 1. The van der Waals surface area contributed by atoms with Gasteiger partial charge in [-0.15, -0.1) is 0 Å². The van der Waals surface area contributed by atoms with E-state index in [2.05, 4.69) is 15.0 Å². The highest BCUT2D eigenvalue weighted by molar-refractivity contribution is 5.87. The van der Waals surface area contributed by atoms with E-state index in [9.17, 15) is 4.79 Å². The second kappa shape index (κ2) is 7.64. The van der Waals surface area contributed by atoms with Gasteiger partial charge in [-0.2, -0.15) is 4.98 Å². The van der Waals surface area contributed by atoms with E-state index in [0.717, 1.165) is 16.8 Å². The lowest BCUT2D eigenvalue weighted by atomic mass is 10.1. The van der Waals surface area contributed by atoms with Crippen molar-refractivity contribution in [2.24, 2.45) is 0 Å². The Balaban J connectivity index is 1.96. The number of hydrogen-bond acceptors (Lipinski definition) is 7. The van der Waals surface area contributed by atoms with Crippen LogP contribution in [0.4, 0.5) is 0 Å². The third kappa shape index (κ3) is 3.49. The van der Waals surface area contributed by atoms with Gasteiger partial charge in [0.2, 0.25) is 5.88 Å². The van der Waals surface area contributed by atoms with Crippen LogP contribution in [-0.2, 0) is 4.74 Å². The van der Waals surface area contributed by atoms with Gasteiger partial charge in [0.15, 0.2) is 5.69 Å². The van der Waals surface area contributed by atoms with Crippen LogP contribution in [0.2, 0.25) is 0 Å². The number of nitrogens with zero attached hydrogens (tertiary/aromatic N) is 4. The summed E-state index contributed by atoms with van der Waals surface area (Å²) in [5.74, 6) is -0.0422. The smallest absolute Gasteiger partial charge is 0.358 e. The Kier molecular flexibility index (Phi) is 5.12. The first kappa shape index (κ1) is 17.4. The first-order valence-electron chi connectivity index (χ1n) is 7.93. The fourth-order valence-electron chi connectivity index (χ4n) is 2.41. The quantitative estimate of drug-likeness (QED) is 0.628. The van der Waals surface area contributed by atoms with Crippen LogP contribution in [0.1, 0.15) is 17.4 Å². The first-order chi connectivity index (χ1) is 12.7. The zero-order valence-electron chi connectivity index (χ0n) is 14.7. The molecule has 0 saturated carbocycles. The van der Waals surface area contributed by atoms with E-state index in [-0.39, 0.29) is 11.7 Å². The van der Waals surface area contributed by atoms with Crippen molar-refractivity contribution in [2.45, 2.75) is 6.92 Å². The molecule has 0 bridgehead atoms. The Morgan fingerprint density at radius 3 is 2.77 bits per heavy atom. The molecule has 3 rings (SSSR count). The average Bonchev–Trinajstić information content (AvgIpc) is 3.18. The molecular formula is C18H18N4O4. The van der Waals surface area contributed by atoms with E-state index in [1.807, 2.05) is 24.3 Å². The normalized spacial score (nSPS) is 10.4. The van der Waals surface area contributed by atoms with Gasteiger partial charge in [0.1, 0.15) is 6.33 Å². The number of imidazole rings is 1. The molecule has 8 nitrogen and oxygen atoms in total. The SMILES string of the molecule is CCOC(=O)c1cn(-c2cccc(-c3cnc(OC)nc3OC)c2)cn1. The molecule has 3 aromatic rings. The van der Waals surface area contributed by atoms with Crippen LogP contribution in [0.15, 0.2) is 43.0 Å². The van der Waals surface area contributed by atoms with Crippen molar-refractivity contribution in [2.75, 3.05) is 20.8 Å². The molecule has 0 spiro atoms. The lowest BCUT2D eigenvalue weighted by Gasteiger charge is -2.10. The van der Waals surface area contributed by atoms with Crippen LogP contribution in [0.5, 0.6) is 11.9 Å². The third-order valence-corrected chi connectivity index (χ3v) is 3.63. The maximum absolute atomic E-state index is 11.8. The average molecular weight is 354 g/mol. The molecule has 0 atom stereocenters. The second-order valence-electron chi connectivity index (χ2n) is 5.22. The number of carbonyl (C=O) groups excluding carboxylic acids is 1. The molecule has 2 heterocycles. The maximum atomic E-state index is 11.8. The lowest BCUT2D eigenvalue weighted by Crippen LogP contribution is -2.04. The summed E-state index contributed by atoms with van der Waals surface area (Å²) in [6.45, 7) is 2.06. The number of rotatable bonds is 6. The highest BCUT2D eigenvalue weighted by Crippen LogP contribution is 2.30. The first-order valence-corrected chi connectivity index (χ1v) is 7.93. The number of ether oxygens (including phenoxy) is 3. The Morgan fingerprint density at radius 1 is 1.19 bits per heavy atom. The number of carbonyl (C=O) groups is 1. The minimum absolute atomic E-state index is 0.232. The van der Waals surface area contributed by atoms with Gasteiger partial charge in [-0.1, -0.05) is 12.1 Å². The van der Waals surface area contributed by atoms with E-state index in [0.29, 0.717) is 12.5 Å². The number of aromatic nitrogens is 4. The maximum Gasteiger partial charge on any atom is 0.358 e. The molecule has 26 heavy (non-hydrogen) atoms. The van der Waals surface area contributed by atoms with Crippen molar-refractivity contribution >= 4 is 5.97 Å². The molecule has 0 fully saturated rings. The molecule has 134 valence electrons. The highest BCUT2D eigenvalue weighted by atomic mass is 16.5. The Bertz CT molecular complexity index is 923. The summed E-state index contributed by atoms with van der Waals surface area (Å²) in [6.07, 6.45) is 4.83. The zero-order chi connectivity index (χ0) is 18.5. The van der Waals surface area contributed by atoms with Crippen molar-refractivity contribution in [3.8, 4) is 28.7 Å². The zero-order valence-corrected chi connectivity index (χ0v) is 14.7. The Morgan fingerprint density at radius 2 is 2.04 bits per heavy atom. The van der Waals surface area contributed by atoms with Crippen molar-refractivity contribution in [1.29, 1.82) is 0 Å². The molecule has 0 amide bonds. The van der Waals surface area contributed by atoms with Crippen LogP contribution in [0.25, 0.3) is 16.8 Å². The number of esters is 1. The monoisotopic (exact) mass is 354 g/mol. The van der Waals surface area contributed by atoms with Gasteiger partial charge in [-0.05, 0) is 24.6 Å². The van der Waals surface area contributed by atoms with E-state index in [4.69, 9.17) is 14.2 Å². The van der Waals surface area contributed by atoms with Crippen molar-refractivity contribution < 1.29 is 19.0 Å². The summed E-state index contributed by atoms with van der Waals surface area (Å²) < 4.78 is 17.1. The molecule has 0 saturated heterocycles. The Labute approximate surface area is 150 Å². The molecule has 0 N–H and O–H groups in total. The van der Waals surface area contributed by atoms with E-state index < -0.39 is 5.97 Å². The minimum Gasteiger partial charge on any atom is -0.480 e. The topological polar surface area (TPSA) is 88.4 Å². The number of hydrogen-bond donors (Lipinski definition) is 0. The summed E-state index contributed by atoms with van der Waals surface area (Å²) in [4.78, 5) is 24.2. The summed E-state index contributed by atoms with van der Waals surface area (Å²) in [5, 5.41) is 0. The molecule has 1 aromatic carbocycles. The molecule has 0 aliphatic carbocycles. The molecule has 0 aliphatic rings. The van der Waals surface area contributed by atoms with Gasteiger partial charge in [-0.25, -0.2) is 14.8 Å². The van der Waals surface area contributed by atoms with Gasteiger partial charge in [-0.3, -0.25) is 0 Å². The molecule has 0 unspecified atom stereocenters. The summed E-state index contributed by atoms with van der Waals surface area (Å²) in [6, 6.07) is 7.86. The number of methoxy groups -OCH3 is 2. The van der Waals surface area contributed by atoms with Gasteiger partial charge in [0.05, 0.1) is 26.4 Å². The van der Waals surface area contributed by atoms with Crippen molar-refractivity contribution in [3.63, 3.8) is 0 Å². The van der Waals surface area contributed by atoms with Crippen LogP contribution in [-0.4, -0.2) is 46.3 Å². The molecular weight excluding hydrogens is 336 g/mol. The van der Waals surface area contributed by atoms with Gasteiger partial charge in [0, 0.05) is 18.1 Å². The van der Waals surface area contributed by atoms with Gasteiger partial charge >= 0.3 is 12.0 Å². The van der Waals surface area contributed by atoms with Crippen LogP contribution in [0, 0.1) is 0 Å². The highest BCUT2D eigenvalue weighted by Gasteiger charge is 2.13. The fraction of sp³-hybridized carbons (Fsp3) is 0.222. The minimum atomic E-state index is -0.451. The van der Waals surface area contributed by atoms with E-state index in [1.54, 1.807) is 30.2 Å². The predicted octanol–water partition coefficient (Wildman–Crippen LogP) is 2.52. The van der Waals surface area contributed by atoms with E-state index >= 15 is 0 Å². The summed E-state index contributed by atoms with van der Waals surface area (Å²) >= 11 is 0. The van der Waals surface area contributed by atoms with Crippen LogP contribution < -0.4 is 9.47 Å². The molecule has 0 aliphatic heterocycles. The standard InChI is InChI=1S/C18H18N4O4/c1-4-26-17(23)15-10-22(11-20-15)13-7-5-6-12(8-13)14-9-19-18(25-3)21-16(14)24-2/h5-11H,4H2,1-3H3. The third-order valence-electron chi connectivity index (χ3n) is 3.63. The second-order valence-corrected chi connectivity index (χ2v) is 5.22. The largest absolute Gasteiger partial charge is 0.480 e. The van der Waals surface area contributed by atoms with Gasteiger partial charge < -0.3 is 18.8 Å². The van der Waals surface area contributed by atoms with Crippen molar-refractivity contribution in [1.82, 2.24) is 19.5 Å². The van der Waals surface area contributed by atoms with Crippen LogP contribution >= 0.6 is 0 Å². The molecule has 8 heteroatoms. The van der Waals surface area contributed by atoms with Gasteiger partial charge in [0.25, 0.3) is 0 Å². The summed E-state index contributed by atoms with van der Waals surface area (Å²) in [5.41, 5.74) is 2.65. The lowest BCUT2D eigenvalue weighted by molar-refractivity contribution is 0.0520. The molecule has 0 radical (unpaired) electrons. The Hall–Kier alpha value is -3.42. The molecule has 2 aromatic heterocycles. The van der Waals surface area contributed by atoms with E-state index in [1.165, 1.54) is 14.2 Å².